The van der Waals surface area contributed by atoms with Gasteiger partial charge in [-0.25, -0.2) is 4.79 Å². The van der Waals surface area contributed by atoms with Crippen molar-refractivity contribution in [2.45, 2.75) is 60.5 Å². The van der Waals surface area contributed by atoms with Crippen molar-refractivity contribution in [2.75, 3.05) is 24.0 Å². The number of carbonyl (C=O) groups is 4. The minimum Gasteiger partial charge on any atom is -0.508 e. The number of hydrogen-bond acceptors (Lipinski definition) is 8. The third kappa shape index (κ3) is 8.91. The number of ketones is 1. The van der Waals surface area contributed by atoms with Gasteiger partial charge >= 0.3 is 5.97 Å². The Morgan fingerprint density at radius 1 is 0.632 bits per heavy atom. The van der Waals surface area contributed by atoms with Crippen LogP contribution in [0.5, 0.6) is 23.0 Å². The molecule has 0 aromatic heterocycles. The van der Waals surface area contributed by atoms with Gasteiger partial charge in [-0.15, -0.1) is 0 Å². The van der Waals surface area contributed by atoms with Gasteiger partial charge in [0.2, 0.25) is 0 Å². The molecule has 2 atom stereocenters. The summed E-state index contributed by atoms with van der Waals surface area (Å²) in [6.45, 7) is 27.6. The van der Waals surface area contributed by atoms with E-state index in [0.29, 0.717) is 16.9 Å². The molecule has 2 aliphatic heterocycles. The average Bonchev–Trinajstić information content (AvgIpc) is 3.19. The van der Waals surface area contributed by atoms with E-state index in [-0.39, 0.29) is 35.4 Å². The number of hydrogen-bond donors (Lipinski definition) is 1. The number of nitrogens with zero attached hydrogens (tertiary/aromatic N) is 2. The van der Waals surface area contributed by atoms with Crippen LogP contribution in [0.4, 0.5) is 11.4 Å². The van der Waals surface area contributed by atoms with Crippen molar-refractivity contribution >= 4 is 34.9 Å². The van der Waals surface area contributed by atoms with E-state index in [0.717, 1.165) is 73.5 Å². The third-order valence-electron chi connectivity index (χ3n) is 10.1. The molecule has 2 fully saturated rings. The van der Waals surface area contributed by atoms with Crippen molar-refractivity contribution in [1.82, 2.24) is 0 Å². The van der Waals surface area contributed by atoms with Crippen molar-refractivity contribution in [1.29, 1.82) is 0 Å². The van der Waals surface area contributed by atoms with Crippen molar-refractivity contribution in [3.8, 4) is 23.0 Å². The number of aromatic hydroxyl groups is 1. The first-order valence-electron chi connectivity index (χ1n) is 18.1. The second kappa shape index (κ2) is 17.8. The highest BCUT2D eigenvalue weighted by atomic mass is 16.5. The first kappa shape index (κ1) is 43.1. The van der Waals surface area contributed by atoms with Gasteiger partial charge in [0.25, 0.3) is 11.8 Å². The summed E-state index contributed by atoms with van der Waals surface area (Å²) in [6.07, 6.45) is 2.39. The van der Waals surface area contributed by atoms with E-state index in [1.807, 2.05) is 90.1 Å². The van der Waals surface area contributed by atoms with E-state index in [4.69, 9.17) is 14.2 Å². The maximum atomic E-state index is 12.6. The molecule has 2 heterocycles. The molecule has 0 unspecified atom stereocenters. The number of amides is 2. The molecule has 2 aliphatic rings. The highest BCUT2D eigenvalue weighted by Crippen LogP contribution is 2.46. The van der Waals surface area contributed by atoms with Crippen LogP contribution in [0.2, 0.25) is 0 Å². The summed E-state index contributed by atoms with van der Waals surface area (Å²) in [5, 5.41) is 9.99. The van der Waals surface area contributed by atoms with Crippen molar-refractivity contribution in [3.05, 3.63) is 155 Å². The largest absolute Gasteiger partial charge is 0.508 e. The van der Waals surface area contributed by atoms with Crippen LogP contribution in [-0.2, 0) is 19.2 Å². The van der Waals surface area contributed by atoms with Crippen LogP contribution < -0.4 is 24.0 Å². The number of anilines is 2. The predicted molar refractivity (Wildman–Crippen MR) is 224 cm³/mol. The maximum absolute atomic E-state index is 12.6. The van der Waals surface area contributed by atoms with E-state index in [1.54, 1.807) is 36.2 Å². The molecule has 1 N–H and O–H groups in total. The number of rotatable bonds is 9. The summed E-state index contributed by atoms with van der Waals surface area (Å²) in [7, 11) is 3.23. The molecule has 4 aromatic carbocycles. The summed E-state index contributed by atoms with van der Waals surface area (Å²) in [6, 6.07) is 18.1. The van der Waals surface area contributed by atoms with Gasteiger partial charge in [-0.05, 0) is 123 Å². The number of aryl methyl sites for hydroxylation is 4. The quantitative estimate of drug-likeness (QED) is 0.0775. The first-order valence-corrected chi connectivity index (χ1v) is 18.1. The van der Waals surface area contributed by atoms with Crippen LogP contribution in [0, 0.1) is 41.5 Å². The van der Waals surface area contributed by atoms with Crippen molar-refractivity contribution in [2.24, 2.45) is 0 Å². The number of β-lactam (4-membered cyclic amide) rings is 2. The van der Waals surface area contributed by atoms with Gasteiger partial charge in [0.1, 0.15) is 23.0 Å². The van der Waals surface area contributed by atoms with Crippen LogP contribution in [0.1, 0.15) is 63.5 Å². The third-order valence-corrected chi connectivity index (χ3v) is 10.1. The molecule has 0 spiro atoms. The van der Waals surface area contributed by atoms with Crippen LogP contribution in [0.3, 0.4) is 0 Å². The fourth-order valence-electron chi connectivity index (χ4n) is 6.35. The Labute approximate surface area is 335 Å². The van der Waals surface area contributed by atoms with Crippen molar-refractivity contribution in [3.63, 3.8) is 0 Å². The summed E-state index contributed by atoms with van der Waals surface area (Å²) >= 11 is 0. The Balaban J connectivity index is 0.000000228. The fraction of sp³-hybridized carbons (Fsp3) is 0.234. The Kier molecular flexibility index (Phi) is 13.5. The lowest BCUT2D eigenvalue weighted by atomic mass is 9.87. The van der Waals surface area contributed by atoms with Gasteiger partial charge in [-0.3, -0.25) is 24.2 Å². The van der Waals surface area contributed by atoms with E-state index in [2.05, 4.69) is 26.3 Å². The van der Waals surface area contributed by atoms with Gasteiger partial charge in [-0.1, -0.05) is 50.6 Å². The molecular weight excluding hydrogens is 721 g/mol. The molecule has 0 radical (unpaired) electrons. The number of phenolic OH excluding ortho intramolecular Hbond substituents is 1. The van der Waals surface area contributed by atoms with Crippen LogP contribution >= 0.6 is 0 Å². The number of benzene rings is 4. The SMILES string of the molecule is C=C1C(=O)N(c2cc(C)c(C)c(OC)c2)[C@H]1c1ccc(C)c(O)c1.C=CC(=O)Oc1cc([C@H]2C(=C)C(=O)N2c2cc(C)c(C)c(OC)c2)ccc1C.C=CC(C)=O. The molecule has 296 valence electrons. The lowest BCUT2D eigenvalue weighted by molar-refractivity contribution is -0.129. The molecule has 2 amide bonds. The predicted octanol–water partition coefficient (Wildman–Crippen LogP) is 9.09. The highest BCUT2D eigenvalue weighted by molar-refractivity contribution is 6.16. The average molecular weight is 771 g/mol. The Hall–Kier alpha value is -6.68. The molecule has 4 aromatic rings. The lowest BCUT2D eigenvalue weighted by Gasteiger charge is -2.43. The van der Waals surface area contributed by atoms with Crippen LogP contribution in [0.25, 0.3) is 0 Å². The van der Waals surface area contributed by atoms with E-state index < -0.39 is 5.97 Å². The zero-order chi connectivity index (χ0) is 42.5. The first-order chi connectivity index (χ1) is 26.9. The van der Waals surface area contributed by atoms with Gasteiger partial charge in [0.05, 0.1) is 26.3 Å². The summed E-state index contributed by atoms with van der Waals surface area (Å²) in [5.74, 6) is 1.38. The second-order valence-corrected chi connectivity index (χ2v) is 13.9. The minimum atomic E-state index is -0.528. The molecule has 0 aliphatic carbocycles. The number of carbonyl (C=O) groups excluding carboxylic acids is 4. The fourth-order valence-corrected chi connectivity index (χ4v) is 6.35. The number of methoxy groups -OCH3 is 2. The number of phenols is 1. The molecule has 10 heteroatoms. The summed E-state index contributed by atoms with van der Waals surface area (Å²) in [5.41, 5.74) is 9.98. The lowest BCUT2D eigenvalue weighted by Crippen LogP contribution is -2.48. The summed E-state index contributed by atoms with van der Waals surface area (Å²) in [4.78, 5) is 49.7. The van der Waals surface area contributed by atoms with Gasteiger partial charge in [0, 0.05) is 40.7 Å². The van der Waals surface area contributed by atoms with Gasteiger partial charge < -0.3 is 19.3 Å². The van der Waals surface area contributed by atoms with E-state index >= 15 is 0 Å². The molecule has 0 bridgehead atoms. The zero-order valence-electron chi connectivity index (χ0n) is 34.1. The molecule has 0 saturated carbocycles. The van der Waals surface area contributed by atoms with Crippen molar-refractivity contribution < 1.29 is 38.5 Å². The number of esters is 1. The molecular formula is C47H50N2O8. The molecule has 2 saturated heterocycles. The van der Waals surface area contributed by atoms with Gasteiger partial charge in [-0.2, -0.15) is 0 Å². The molecule has 6 rings (SSSR count). The topological polar surface area (TPSA) is 123 Å². The Bertz CT molecular complexity index is 2320. The van der Waals surface area contributed by atoms with Crippen LogP contribution in [-0.4, -0.2) is 42.9 Å². The standard InChI is InChI=1S/C23H23NO4.C20H21NO3.C4H6O/c1-7-21(25)28-19-11-17(9-8-13(19)2)22-16(5)23(26)24(22)18-10-14(3)15(4)20(12-18)27-6;1-11-6-7-15(9-17(11)22)19-14(4)20(23)21(19)16-8-12(2)13(3)18(10-16)24-5;1-3-4(2)5/h7-12,22H,1,5H2,2-4,6H3;6-10,19,22H,4H2,1-3,5H3;3H,1H2,2H3/t22-;19-;/m11./s1. The zero-order valence-corrected chi connectivity index (χ0v) is 34.1. The second-order valence-electron chi connectivity index (χ2n) is 13.9. The van der Waals surface area contributed by atoms with Gasteiger partial charge in [0.15, 0.2) is 5.78 Å². The molecule has 57 heavy (non-hydrogen) atoms. The minimum absolute atomic E-state index is 0.0185. The Morgan fingerprint density at radius 2 is 1.05 bits per heavy atom. The maximum Gasteiger partial charge on any atom is 0.335 e. The summed E-state index contributed by atoms with van der Waals surface area (Å²) < 4.78 is 16.2. The van der Waals surface area contributed by atoms with E-state index in [1.165, 1.54) is 13.0 Å². The normalized spacial score (nSPS) is 15.5. The Morgan fingerprint density at radius 3 is 1.44 bits per heavy atom. The highest BCUT2D eigenvalue weighted by Gasteiger charge is 2.44. The molecule has 10 nitrogen and oxygen atoms in total. The van der Waals surface area contributed by atoms with E-state index in [9.17, 15) is 24.3 Å². The van der Waals surface area contributed by atoms with Crippen LogP contribution in [0.15, 0.2) is 110 Å². The smallest absolute Gasteiger partial charge is 0.335 e. The number of allylic oxidation sites excluding steroid dienone is 1. The monoisotopic (exact) mass is 770 g/mol. The number of ether oxygens (including phenoxy) is 3.